The largest absolute Gasteiger partial charge is 0.305 e. The number of hydrogen-bond donors (Lipinski definition) is 1. The molecule has 1 heterocycles. The van der Waals surface area contributed by atoms with Crippen LogP contribution in [-0.2, 0) is 10.0 Å². The summed E-state index contributed by atoms with van der Waals surface area (Å²) in [5.74, 6) is 0. The second-order valence-electron chi connectivity index (χ2n) is 3.94. The van der Waals surface area contributed by atoms with Gasteiger partial charge in [0.15, 0.2) is 5.25 Å². The van der Waals surface area contributed by atoms with Crippen LogP contribution in [0.25, 0.3) is 0 Å². The Morgan fingerprint density at radius 3 is 2.73 bits per heavy atom. The number of nitrogens with zero attached hydrogens (tertiary/aromatic N) is 2. The highest BCUT2D eigenvalue weighted by Gasteiger charge is 2.29. The summed E-state index contributed by atoms with van der Waals surface area (Å²) in [7, 11) is -1.51. The van der Waals surface area contributed by atoms with Crippen molar-refractivity contribution >= 4 is 10.0 Å². The minimum atomic E-state index is -3.47. The van der Waals surface area contributed by atoms with Gasteiger partial charge < -0.3 is 4.90 Å². The predicted octanol–water partition coefficient (Wildman–Crippen LogP) is -0.0879. The van der Waals surface area contributed by atoms with Gasteiger partial charge in [0, 0.05) is 12.6 Å². The first-order valence-corrected chi connectivity index (χ1v) is 6.63. The van der Waals surface area contributed by atoms with E-state index < -0.39 is 15.3 Å². The smallest absolute Gasteiger partial charge is 0.228 e. The topological polar surface area (TPSA) is 73.2 Å². The molecule has 0 saturated carbocycles. The third-order valence-electron chi connectivity index (χ3n) is 2.61. The standard InChI is InChI=1S/C9H17N3O2S/c1-3-9(6-10)15(13,14)11-8-4-5-12(2)7-8/h8-9,11H,3-5,7H2,1-2H3. The highest BCUT2D eigenvalue weighted by Crippen LogP contribution is 2.10. The van der Waals surface area contributed by atoms with Crippen molar-refractivity contribution in [2.24, 2.45) is 0 Å². The molecule has 1 aliphatic rings. The van der Waals surface area contributed by atoms with Gasteiger partial charge >= 0.3 is 0 Å². The first kappa shape index (κ1) is 12.4. The van der Waals surface area contributed by atoms with E-state index in [1.165, 1.54) is 0 Å². The molecule has 0 amide bonds. The lowest BCUT2D eigenvalue weighted by atomic mass is 10.3. The van der Waals surface area contributed by atoms with Gasteiger partial charge in [-0.3, -0.25) is 0 Å². The second kappa shape index (κ2) is 4.92. The van der Waals surface area contributed by atoms with Crippen molar-refractivity contribution in [1.29, 1.82) is 5.26 Å². The Labute approximate surface area is 91.1 Å². The number of nitriles is 1. The summed E-state index contributed by atoms with van der Waals surface area (Å²) >= 11 is 0. The zero-order chi connectivity index (χ0) is 11.5. The van der Waals surface area contributed by atoms with Gasteiger partial charge in [-0.25, -0.2) is 13.1 Å². The lowest BCUT2D eigenvalue weighted by Gasteiger charge is -2.15. The molecule has 6 heteroatoms. The molecule has 15 heavy (non-hydrogen) atoms. The molecular formula is C9H17N3O2S. The van der Waals surface area contributed by atoms with E-state index in [4.69, 9.17) is 5.26 Å². The lowest BCUT2D eigenvalue weighted by molar-refractivity contribution is 0.407. The Kier molecular flexibility index (Phi) is 4.08. The molecule has 1 saturated heterocycles. The van der Waals surface area contributed by atoms with E-state index in [-0.39, 0.29) is 6.04 Å². The molecule has 0 bridgehead atoms. The molecule has 5 nitrogen and oxygen atoms in total. The molecule has 2 atom stereocenters. The predicted molar refractivity (Wildman–Crippen MR) is 57.6 cm³/mol. The van der Waals surface area contributed by atoms with E-state index >= 15 is 0 Å². The van der Waals surface area contributed by atoms with Gasteiger partial charge in [-0.15, -0.1) is 0 Å². The molecule has 0 aromatic carbocycles. The van der Waals surface area contributed by atoms with E-state index in [9.17, 15) is 8.42 Å². The van der Waals surface area contributed by atoms with Gasteiger partial charge in [0.1, 0.15) is 0 Å². The third-order valence-corrected chi connectivity index (χ3v) is 4.46. The number of likely N-dealkylation sites (N-methyl/N-ethyl adjacent to an activating group) is 1. The molecule has 1 rings (SSSR count). The SMILES string of the molecule is CCC(C#N)S(=O)(=O)NC1CCN(C)C1. The average Bonchev–Trinajstić information content (AvgIpc) is 2.51. The molecule has 2 unspecified atom stereocenters. The van der Waals surface area contributed by atoms with E-state index in [0.717, 1.165) is 19.5 Å². The highest BCUT2D eigenvalue weighted by molar-refractivity contribution is 7.90. The summed E-state index contributed by atoms with van der Waals surface area (Å²) in [6, 6.07) is 1.77. The van der Waals surface area contributed by atoms with Crippen molar-refractivity contribution in [2.45, 2.75) is 31.1 Å². The summed E-state index contributed by atoms with van der Waals surface area (Å²) < 4.78 is 26.0. The van der Waals surface area contributed by atoms with Crippen LogP contribution >= 0.6 is 0 Å². The van der Waals surface area contributed by atoms with Crippen LogP contribution in [0.4, 0.5) is 0 Å². The highest BCUT2D eigenvalue weighted by atomic mass is 32.2. The van der Waals surface area contributed by atoms with Gasteiger partial charge in [0.05, 0.1) is 6.07 Å². The Morgan fingerprint density at radius 1 is 1.67 bits per heavy atom. The van der Waals surface area contributed by atoms with Crippen LogP contribution < -0.4 is 4.72 Å². The van der Waals surface area contributed by atoms with Crippen LogP contribution in [0.1, 0.15) is 19.8 Å². The molecule has 1 N–H and O–H groups in total. The molecule has 0 aliphatic carbocycles. The number of likely N-dealkylation sites (tertiary alicyclic amines) is 1. The molecule has 1 fully saturated rings. The fourth-order valence-electron chi connectivity index (χ4n) is 1.73. The minimum Gasteiger partial charge on any atom is -0.305 e. The van der Waals surface area contributed by atoms with Crippen LogP contribution in [0.15, 0.2) is 0 Å². The number of nitrogens with one attached hydrogen (secondary N) is 1. The van der Waals surface area contributed by atoms with Gasteiger partial charge in [-0.2, -0.15) is 5.26 Å². The lowest BCUT2D eigenvalue weighted by Crippen LogP contribution is -2.41. The van der Waals surface area contributed by atoms with Crippen molar-refractivity contribution in [2.75, 3.05) is 20.1 Å². The van der Waals surface area contributed by atoms with Crippen LogP contribution in [0.5, 0.6) is 0 Å². The summed E-state index contributed by atoms with van der Waals surface area (Å²) in [5.41, 5.74) is 0. The second-order valence-corrected chi connectivity index (χ2v) is 5.83. The van der Waals surface area contributed by atoms with Gasteiger partial charge in [-0.05, 0) is 26.4 Å². The van der Waals surface area contributed by atoms with Crippen LogP contribution in [0.3, 0.4) is 0 Å². The quantitative estimate of drug-likeness (QED) is 0.734. The summed E-state index contributed by atoms with van der Waals surface area (Å²) in [6.45, 7) is 3.32. The normalized spacial score (nSPS) is 25.0. The van der Waals surface area contributed by atoms with Crippen molar-refractivity contribution in [3.8, 4) is 6.07 Å². The van der Waals surface area contributed by atoms with Crippen molar-refractivity contribution in [1.82, 2.24) is 9.62 Å². The molecule has 0 spiro atoms. The first-order valence-electron chi connectivity index (χ1n) is 5.09. The molecule has 1 aliphatic heterocycles. The van der Waals surface area contributed by atoms with Crippen molar-refractivity contribution in [3.05, 3.63) is 0 Å². The summed E-state index contributed by atoms with van der Waals surface area (Å²) in [5, 5.41) is 7.78. The third kappa shape index (κ3) is 3.16. The first-order chi connectivity index (χ1) is 6.99. The number of hydrogen-bond acceptors (Lipinski definition) is 4. The Bertz CT molecular complexity index is 347. The molecule has 86 valence electrons. The van der Waals surface area contributed by atoms with Crippen LogP contribution in [0, 0.1) is 11.3 Å². The van der Waals surface area contributed by atoms with Gasteiger partial charge in [0.2, 0.25) is 10.0 Å². The van der Waals surface area contributed by atoms with Crippen LogP contribution in [0.2, 0.25) is 0 Å². The van der Waals surface area contributed by atoms with E-state index in [0.29, 0.717) is 6.42 Å². The van der Waals surface area contributed by atoms with E-state index in [1.807, 2.05) is 13.1 Å². The zero-order valence-corrected chi connectivity index (χ0v) is 9.92. The maximum atomic E-state index is 11.7. The minimum absolute atomic E-state index is 0.0394. The fourth-order valence-corrected chi connectivity index (χ4v) is 3.12. The van der Waals surface area contributed by atoms with Crippen LogP contribution in [-0.4, -0.2) is 44.7 Å². The van der Waals surface area contributed by atoms with E-state index in [1.54, 1.807) is 6.92 Å². The Balaban J connectivity index is 2.61. The summed E-state index contributed by atoms with van der Waals surface area (Å²) in [4.78, 5) is 2.07. The Hall–Kier alpha value is -0.640. The van der Waals surface area contributed by atoms with Gasteiger partial charge in [0.25, 0.3) is 0 Å². The van der Waals surface area contributed by atoms with Crippen molar-refractivity contribution < 1.29 is 8.42 Å². The molecule has 0 aromatic rings. The number of sulfonamides is 1. The average molecular weight is 231 g/mol. The molecular weight excluding hydrogens is 214 g/mol. The fraction of sp³-hybridized carbons (Fsp3) is 0.889. The monoisotopic (exact) mass is 231 g/mol. The maximum Gasteiger partial charge on any atom is 0.228 e. The number of rotatable bonds is 4. The van der Waals surface area contributed by atoms with Crippen molar-refractivity contribution in [3.63, 3.8) is 0 Å². The molecule has 0 aromatic heterocycles. The summed E-state index contributed by atoms with van der Waals surface area (Å²) in [6.07, 6.45) is 1.14. The van der Waals surface area contributed by atoms with E-state index in [2.05, 4.69) is 9.62 Å². The van der Waals surface area contributed by atoms with Gasteiger partial charge in [-0.1, -0.05) is 6.92 Å². The zero-order valence-electron chi connectivity index (χ0n) is 9.10. The Morgan fingerprint density at radius 2 is 2.33 bits per heavy atom. The maximum absolute atomic E-state index is 11.7. The molecule has 0 radical (unpaired) electrons.